The molecule has 1 amide bonds. The molecule has 2 aromatic heterocycles. The molecule has 6 rings (SSSR count). The summed E-state index contributed by atoms with van der Waals surface area (Å²) in [7, 11) is 0. The van der Waals surface area contributed by atoms with Crippen LogP contribution in [0.3, 0.4) is 0 Å². The first-order valence-electron chi connectivity index (χ1n) is 12.3. The van der Waals surface area contributed by atoms with E-state index in [0.29, 0.717) is 18.8 Å². The lowest BCUT2D eigenvalue weighted by Crippen LogP contribution is -2.29. The number of aryl methyl sites for hydroxylation is 1. The summed E-state index contributed by atoms with van der Waals surface area (Å²) in [6.07, 6.45) is 3.50. The van der Waals surface area contributed by atoms with E-state index >= 15 is 0 Å². The number of H-pyrrole nitrogens is 1. The summed E-state index contributed by atoms with van der Waals surface area (Å²) in [6, 6.07) is 29.9. The summed E-state index contributed by atoms with van der Waals surface area (Å²) in [5.41, 5.74) is 7.54. The highest BCUT2D eigenvalue weighted by molar-refractivity contribution is 6.00. The van der Waals surface area contributed by atoms with E-state index in [1.54, 1.807) is 12.4 Å². The molecule has 1 atom stereocenters. The van der Waals surface area contributed by atoms with E-state index in [2.05, 4.69) is 46.4 Å². The number of nitrogens with zero attached hydrogens (tertiary/aromatic N) is 3. The van der Waals surface area contributed by atoms with Crippen molar-refractivity contribution in [1.29, 1.82) is 0 Å². The zero-order valence-electron chi connectivity index (χ0n) is 20.5. The molecule has 1 aliphatic rings. The Morgan fingerprint density at radius 1 is 0.865 bits per heavy atom. The van der Waals surface area contributed by atoms with Crippen molar-refractivity contribution in [2.75, 3.05) is 0 Å². The summed E-state index contributed by atoms with van der Waals surface area (Å²) in [6.45, 7) is 3.02. The van der Waals surface area contributed by atoms with E-state index in [1.165, 1.54) is 5.56 Å². The molecule has 0 spiro atoms. The average Bonchev–Trinajstić information content (AvgIpc) is 3.48. The van der Waals surface area contributed by atoms with E-state index in [9.17, 15) is 4.79 Å². The van der Waals surface area contributed by atoms with Crippen LogP contribution in [0.15, 0.2) is 103 Å². The van der Waals surface area contributed by atoms with Crippen LogP contribution < -0.4 is 4.74 Å². The molecule has 37 heavy (non-hydrogen) atoms. The monoisotopic (exact) mass is 486 g/mol. The van der Waals surface area contributed by atoms with Crippen LogP contribution in [-0.4, -0.2) is 26.0 Å². The van der Waals surface area contributed by atoms with Crippen molar-refractivity contribution in [3.05, 3.63) is 137 Å². The Bertz CT molecular complexity index is 1510. The van der Waals surface area contributed by atoms with Gasteiger partial charge in [-0.05, 0) is 47.9 Å². The van der Waals surface area contributed by atoms with Crippen LogP contribution in [0, 0.1) is 6.92 Å². The Kier molecular flexibility index (Phi) is 5.98. The predicted octanol–water partition coefficient (Wildman–Crippen LogP) is 6.10. The van der Waals surface area contributed by atoms with E-state index in [0.717, 1.165) is 39.3 Å². The molecule has 182 valence electrons. The number of carbonyl (C=O) groups excluding carboxylic acids is 1. The Labute approximate surface area is 215 Å². The first-order valence-corrected chi connectivity index (χ1v) is 12.3. The molecule has 0 fully saturated rings. The van der Waals surface area contributed by atoms with Crippen molar-refractivity contribution in [3.63, 3.8) is 0 Å². The molecule has 0 saturated carbocycles. The quantitative estimate of drug-likeness (QED) is 0.302. The molecule has 3 aromatic carbocycles. The third-order valence-electron chi connectivity index (χ3n) is 6.74. The number of rotatable bonds is 7. The maximum absolute atomic E-state index is 13.6. The van der Waals surface area contributed by atoms with E-state index in [-0.39, 0.29) is 11.9 Å². The van der Waals surface area contributed by atoms with Gasteiger partial charge in [0, 0.05) is 30.1 Å². The number of nitrogens with one attached hydrogen (secondary N) is 1. The molecule has 1 N–H and O–H groups in total. The number of ether oxygens (including phenoxy) is 1. The molecular formula is C31H26N4O2. The first-order chi connectivity index (χ1) is 18.2. The maximum Gasteiger partial charge on any atom is 0.273 e. The second kappa shape index (κ2) is 9.74. The molecule has 1 unspecified atom stereocenters. The zero-order valence-corrected chi connectivity index (χ0v) is 20.5. The van der Waals surface area contributed by atoms with Crippen LogP contribution in [-0.2, 0) is 13.2 Å². The van der Waals surface area contributed by atoms with E-state index < -0.39 is 0 Å². The normalized spacial score (nSPS) is 14.6. The van der Waals surface area contributed by atoms with Gasteiger partial charge in [0.15, 0.2) is 0 Å². The second-order valence-corrected chi connectivity index (χ2v) is 9.26. The summed E-state index contributed by atoms with van der Waals surface area (Å²) in [5.74, 6) is 0.718. The van der Waals surface area contributed by atoms with Crippen LogP contribution in [0.1, 0.15) is 44.3 Å². The SMILES string of the molecule is Cc1ccc(-c2n[nH]c3c2C(c2ccc(OCc4ccccc4)cc2)N(Cc2ccncc2)C3=O)cc1. The highest BCUT2D eigenvalue weighted by Crippen LogP contribution is 2.43. The van der Waals surface area contributed by atoms with Gasteiger partial charge >= 0.3 is 0 Å². The van der Waals surface area contributed by atoms with Gasteiger partial charge in [0.1, 0.15) is 18.1 Å². The van der Waals surface area contributed by atoms with Crippen molar-refractivity contribution in [2.24, 2.45) is 0 Å². The Morgan fingerprint density at radius 3 is 2.32 bits per heavy atom. The number of pyridine rings is 1. The van der Waals surface area contributed by atoms with Crippen molar-refractivity contribution in [3.8, 4) is 17.0 Å². The first kappa shape index (κ1) is 22.7. The largest absolute Gasteiger partial charge is 0.489 e. The third-order valence-corrected chi connectivity index (χ3v) is 6.74. The smallest absolute Gasteiger partial charge is 0.273 e. The van der Waals surface area contributed by atoms with E-state index in [1.807, 2.05) is 71.6 Å². The minimum atomic E-state index is -0.283. The molecule has 6 heteroatoms. The van der Waals surface area contributed by atoms with Gasteiger partial charge in [-0.2, -0.15) is 5.10 Å². The van der Waals surface area contributed by atoms with Crippen LogP contribution >= 0.6 is 0 Å². The van der Waals surface area contributed by atoms with E-state index in [4.69, 9.17) is 4.74 Å². The fourth-order valence-electron chi connectivity index (χ4n) is 4.81. The van der Waals surface area contributed by atoms with Gasteiger partial charge in [-0.15, -0.1) is 0 Å². The highest BCUT2D eigenvalue weighted by atomic mass is 16.5. The Hall–Kier alpha value is -4.71. The fraction of sp³-hybridized carbons (Fsp3) is 0.129. The molecule has 1 aliphatic heterocycles. The number of carbonyl (C=O) groups is 1. The van der Waals surface area contributed by atoms with Crippen LogP contribution in [0.4, 0.5) is 0 Å². The van der Waals surface area contributed by atoms with Gasteiger partial charge in [-0.1, -0.05) is 72.3 Å². The van der Waals surface area contributed by atoms with Crippen LogP contribution in [0.2, 0.25) is 0 Å². The lowest BCUT2D eigenvalue weighted by atomic mass is 9.95. The number of hydrogen-bond acceptors (Lipinski definition) is 4. The number of fused-ring (bicyclic) bond motifs is 1. The van der Waals surface area contributed by atoms with Crippen molar-refractivity contribution >= 4 is 5.91 Å². The third kappa shape index (κ3) is 4.49. The number of aromatic amines is 1. The van der Waals surface area contributed by atoms with Gasteiger partial charge in [0.05, 0.1) is 11.7 Å². The maximum atomic E-state index is 13.6. The number of benzene rings is 3. The lowest BCUT2D eigenvalue weighted by molar-refractivity contribution is 0.0730. The Morgan fingerprint density at radius 2 is 1.59 bits per heavy atom. The average molecular weight is 487 g/mol. The lowest BCUT2D eigenvalue weighted by Gasteiger charge is -2.26. The van der Waals surface area contributed by atoms with Gasteiger partial charge in [-0.25, -0.2) is 0 Å². The molecule has 0 aliphatic carbocycles. The van der Waals surface area contributed by atoms with Crippen molar-refractivity contribution < 1.29 is 9.53 Å². The number of hydrogen-bond donors (Lipinski definition) is 1. The van der Waals surface area contributed by atoms with Crippen molar-refractivity contribution in [1.82, 2.24) is 20.1 Å². The van der Waals surface area contributed by atoms with Gasteiger partial charge in [-0.3, -0.25) is 14.9 Å². The summed E-state index contributed by atoms with van der Waals surface area (Å²) >= 11 is 0. The van der Waals surface area contributed by atoms with Crippen LogP contribution in [0.25, 0.3) is 11.3 Å². The molecule has 6 nitrogen and oxygen atoms in total. The van der Waals surface area contributed by atoms with Gasteiger partial charge < -0.3 is 9.64 Å². The minimum absolute atomic E-state index is 0.0629. The topological polar surface area (TPSA) is 71.1 Å². The summed E-state index contributed by atoms with van der Waals surface area (Å²) < 4.78 is 6.01. The highest BCUT2D eigenvalue weighted by Gasteiger charge is 2.42. The van der Waals surface area contributed by atoms with Crippen LogP contribution in [0.5, 0.6) is 5.75 Å². The second-order valence-electron chi connectivity index (χ2n) is 9.26. The standard InChI is InChI=1S/C31H26N4O2/c1-21-7-9-24(10-8-21)28-27-29(34-33-28)31(36)35(19-22-15-17-32-18-16-22)30(27)25-11-13-26(14-12-25)37-20-23-5-3-2-4-6-23/h2-18,30H,19-20H2,1H3,(H,33,34). The number of amides is 1. The molecular weight excluding hydrogens is 460 g/mol. The fourth-order valence-corrected chi connectivity index (χ4v) is 4.81. The van der Waals surface area contributed by atoms with Crippen molar-refractivity contribution in [2.45, 2.75) is 26.1 Å². The molecule has 0 bridgehead atoms. The molecule has 0 saturated heterocycles. The summed E-state index contributed by atoms with van der Waals surface area (Å²) in [5, 5.41) is 7.61. The number of aromatic nitrogens is 3. The molecule has 3 heterocycles. The predicted molar refractivity (Wildman–Crippen MR) is 142 cm³/mol. The molecule has 5 aromatic rings. The minimum Gasteiger partial charge on any atom is -0.489 e. The van der Waals surface area contributed by atoms with Gasteiger partial charge in [0.2, 0.25) is 0 Å². The summed E-state index contributed by atoms with van der Waals surface area (Å²) in [4.78, 5) is 19.6. The zero-order chi connectivity index (χ0) is 25.2. The Balaban J connectivity index is 1.36. The van der Waals surface area contributed by atoms with Gasteiger partial charge in [0.25, 0.3) is 5.91 Å². The molecule has 0 radical (unpaired) electrons.